The second-order valence-electron chi connectivity index (χ2n) is 12.7. The fourth-order valence-corrected chi connectivity index (χ4v) is 8.94. The van der Waals surface area contributed by atoms with E-state index < -0.39 is 29.6 Å². The number of carbonyl (C=O) groups is 3. The molecule has 0 spiro atoms. The van der Waals surface area contributed by atoms with E-state index in [4.69, 9.17) is 9.57 Å². The van der Waals surface area contributed by atoms with Gasteiger partial charge in [0.25, 0.3) is 5.91 Å². The van der Waals surface area contributed by atoms with Gasteiger partial charge in [-0.2, -0.15) is 0 Å². The largest absolute Gasteiger partial charge is 0.467 e. The lowest BCUT2D eigenvalue weighted by Gasteiger charge is -2.59. The first-order valence-electron chi connectivity index (χ1n) is 14.1. The molecule has 2 N–H and O–H groups in total. The summed E-state index contributed by atoms with van der Waals surface area (Å²) in [5, 5.41) is 25.5. The summed E-state index contributed by atoms with van der Waals surface area (Å²) < 4.78 is 4.76. The minimum atomic E-state index is -1.19. The van der Waals surface area contributed by atoms with Gasteiger partial charge in [-0.05, 0) is 87.5 Å². The number of aliphatic hydroxyl groups excluding tert-OH is 1. The maximum absolute atomic E-state index is 12.7. The fourth-order valence-electron chi connectivity index (χ4n) is 8.94. The molecule has 8 atom stereocenters. The summed E-state index contributed by atoms with van der Waals surface area (Å²) in [5.74, 6) is 0.381. The van der Waals surface area contributed by atoms with E-state index in [2.05, 4.69) is 25.1 Å². The molecule has 1 heterocycles. The Bertz CT molecular complexity index is 1070. The lowest BCUT2D eigenvalue weighted by atomic mass is 9.46. The summed E-state index contributed by atoms with van der Waals surface area (Å²) >= 11 is 0. The molecule has 5 aliphatic rings. The number of ketones is 1. The highest BCUT2D eigenvalue weighted by Gasteiger charge is 2.65. The molecular formula is C29H42N2O7. The van der Waals surface area contributed by atoms with Crippen molar-refractivity contribution in [1.82, 2.24) is 4.90 Å². The van der Waals surface area contributed by atoms with E-state index in [1.165, 1.54) is 17.6 Å². The van der Waals surface area contributed by atoms with E-state index in [0.29, 0.717) is 24.2 Å². The van der Waals surface area contributed by atoms with Crippen LogP contribution in [0.4, 0.5) is 0 Å². The Morgan fingerprint density at radius 1 is 1.11 bits per heavy atom. The molecule has 5 rings (SSSR count). The van der Waals surface area contributed by atoms with Gasteiger partial charge < -0.3 is 24.7 Å². The molecule has 9 nitrogen and oxygen atoms in total. The van der Waals surface area contributed by atoms with E-state index in [1.54, 1.807) is 6.92 Å². The van der Waals surface area contributed by atoms with E-state index in [9.17, 15) is 24.6 Å². The molecule has 1 amide bonds. The lowest BCUT2D eigenvalue weighted by Crippen LogP contribution is -2.57. The third-order valence-electron chi connectivity index (χ3n) is 11.2. The van der Waals surface area contributed by atoms with Crippen molar-refractivity contribution < 1.29 is 34.2 Å². The number of methoxy groups -OCH3 is 1. The van der Waals surface area contributed by atoms with Crippen LogP contribution in [0.25, 0.3) is 0 Å². The zero-order chi connectivity index (χ0) is 27.5. The SMILES string of the molecule is COC(=O)[C@H]1C[C@@H](O)CN1C(=O)CO/N=C1/C=C2CC[C@@H]3[C@H]4CC[C@](O)(C(C)=O)[C@@]4(C)CC[C@@H]3[C@@]2(C)CC1. The maximum Gasteiger partial charge on any atom is 0.328 e. The average molecular weight is 531 g/mol. The Labute approximate surface area is 224 Å². The van der Waals surface area contributed by atoms with Crippen LogP contribution in [0.15, 0.2) is 16.8 Å². The number of oxime groups is 1. The Hall–Kier alpha value is -2.26. The van der Waals surface area contributed by atoms with Gasteiger partial charge in [0.2, 0.25) is 0 Å². The number of hydrogen-bond donors (Lipinski definition) is 2. The molecule has 38 heavy (non-hydrogen) atoms. The highest BCUT2D eigenvalue weighted by atomic mass is 16.6. The number of rotatable bonds is 5. The smallest absolute Gasteiger partial charge is 0.328 e. The van der Waals surface area contributed by atoms with Crippen LogP contribution in [-0.4, -0.2) is 76.5 Å². The van der Waals surface area contributed by atoms with E-state index >= 15 is 0 Å². The van der Waals surface area contributed by atoms with Crippen molar-refractivity contribution in [3.8, 4) is 0 Å². The lowest BCUT2D eigenvalue weighted by molar-refractivity contribution is -0.159. The minimum Gasteiger partial charge on any atom is -0.467 e. The Morgan fingerprint density at radius 3 is 2.55 bits per heavy atom. The number of ether oxygens (including phenoxy) is 1. The van der Waals surface area contributed by atoms with Crippen LogP contribution >= 0.6 is 0 Å². The Balaban J connectivity index is 1.25. The van der Waals surface area contributed by atoms with E-state index in [1.807, 2.05) is 0 Å². The molecule has 0 aromatic rings. The molecule has 4 fully saturated rings. The van der Waals surface area contributed by atoms with E-state index in [-0.39, 0.29) is 36.2 Å². The highest BCUT2D eigenvalue weighted by molar-refractivity contribution is 5.96. The zero-order valence-electron chi connectivity index (χ0n) is 23.1. The van der Waals surface area contributed by atoms with Crippen molar-refractivity contribution in [1.29, 1.82) is 0 Å². The monoisotopic (exact) mass is 530 g/mol. The van der Waals surface area contributed by atoms with Crippen LogP contribution in [0.1, 0.15) is 78.6 Å². The molecule has 210 valence electrons. The number of carbonyl (C=O) groups excluding carboxylic acids is 3. The number of esters is 1. The van der Waals surface area contributed by atoms with Crippen LogP contribution < -0.4 is 0 Å². The topological polar surface area (TPSA) is 126 Å². The molecule has 0 unspecified atom stereocenters. The molecule has 0 radical (unpaired) electrons. The third kappa shape index (κ3) is 4.12. The molecule has 3 saturated carbocycles. The van der Waals surface area contributed by atoms with Gasteiger partial charge in [-0.25, -0.2) is 4.79 Å². The number of nitrogens with zero attached hydrogens (tertiary/aromatic N) is 2. The van der Waals surface area contributed by atoms with Crippen LogP contribution in [0.5, 0.6) is 0 Å². The van der Waals surface area contributed by atoms with Gasteiger partial charge in [0, 0.05) is 18.4 Å². The standard InChI is InChI=1S/C29H42N2O7/c1-17(32)29(36)12-9-23-21-6-5-18-13-19(7-10-27(18,2)22(21)8-11-28(23,29)3)30-38-16-25(34)31-15-20(33)14-24(31)26(35)37-4/h13,20-24,33,36H,5-12,14-16H2,1-4H3/b30-19+/t20-,21+,22+,23-,24-,27+,28+,29+/m1/s1. The second kappa shape index (κ2) is 9.73. The van der Waals surface area contributed by atoms with Crippen LogP contribution in [-0.2, 0) is 24.0 Å². The predicted molar refractivity (Wildman–Crippen MR) is 139 cm³/mol. The fraction of sp³-hybridized carbons (Fsp3) is 0.793. The molecule has 9 heteroatoms. The Kier molecular flexibility index (Phi) is 7.00. The molecule has 0 aromatic heterocycles. The highest BCUT2D eigenvalue weighted by Crippen LogP contribution is 2.67. The van der Waals surface area contributed by atoms with Crippen molar-refractivity contribution in [3.05, 3.63) is 11.6 Å². The Morgan fingerprint density at radius 2 is 1.84 bits per heavy atom. The van der Waals surface area contributed by atoms with Gasteiger partial charge in [0.1, 0.15) is 11.6 Å². The van der Waals surface area contributed by atoms with Crippen molar-refractivity contribution >= 4 is 23.4 Å². The summed E-state index contributed by atoms with van der Waals surface area (Å²) in [7, 11) is 1.27. The predicted octanol–water partition coefficient (Wildman–Crippen LogP) is 2.78. The van der Waals surface area contributed by atoms with E-state index in [0.717, 1.165) is 50.7 Å². The second-order valence-corrected chi connectivity index (χ2v) is 12.7. The number of aliphatic hydroxyl groups is 2. The van der Waals surface area contributed by atoms with Crippen molar-refractivity contribution in [3.63, 3.8) is 0 Å². The number of Topliss-reactive ketones (excluding diaryl/α,β-unsaturated/α-hetero) is 1. The number of hydrogen-bond acceptors (Lipinski definition) is 8. The van der Waals surface area contributed by atoms with Crippen LogP contribution in [0.3, 0.4) is 0 Å². The van der Waals surface area contributed by atoms with Gasteiger partial charge in [-0.1, -0.05) is 24.6 Å². The quantitative estimate of drug-likeness (QED) is 0.414. The molecule has 0 bridgehead atoms. The molecule has 1 saturated heterocycles. The maximum atomic E-state index is 12.7. The summed E-state index contributed by atoms with van der Waals surface area (Å²) in [6.07, 6.45) is 8.67. The van der Waals surface area contributed by atoms with Crippen molar-refractivity contribution in [2.75, 3.05) is 20.3 Å². The van der Waals surface area contributed by atoms with Crippen molar-refractivity contribution in [2.45, 2.75) is 96.3 Å². The first-order chi connectivity index (χ1) is 17.9. The summed E-state index contributed by atoms with van der Waals surface area (Å²) in [4.78, 5) is 43.8. The number of likely N-dealkylation sites (tertiary alicyclic amines) is 1. The summed E-state index contributed by atoms with van der Waals surface area (Å²) in [5.41, 5.74) is 0.746. The van der Waals surface area contributed by atoms with Crippen molar-refractivity contribution in [2.24, 2.45) is 33.7 Å². The zero-order valence-corrected chi connectivity index (χ0v) is 23.1. The van der Waals surface area contributed by atoms with Gasteiger partial charge in [-0.15, -0.1) is 0 Å². The third-order valence-corrected chi connectivity index (χ3v) is 11.2. The van der Waals surface area contributed by atoms with Crippen LogP contribution in [0.2, 0.25) is 0 Å². The average Bonchev–Trinajstić information content (AvgIpc) is 3.41. The number of β-amino-alcohol motifs (C(OH)–C–C–N with tert-alkyl or cyclic N) is 1. The first kappa shape index (κ1) is 27.3. The molecule has 0 aromatic carbocycles. The van der Waals surface area contributed by atoms with Gasteiger partial charge in [-0.3, -0.25) is 9.59 Å². The molecular weight excluding hydrogens is 488 g/mol. The minimum absolute atomic E-state index is 0.0649. The summed E-state index contributed by atoms with van der Waals surface area (Å²) in [6.45, 7) is 5.85. The number of allylic oxidation sites excluding steroid dienone is 2. The first-order valence-corrected chi connectivity index (χ1v) is 14.1. The molecule has 4 aliphatic carbocycles. The summed E-state index contributed by atoms with van der Waals surface area (Å²) in [6, 6.07) is -0.796. The normalized spacial score (nSPS) is 43.1. The van der Waals surface area contributed by atoms with Crippen LogP contribution in [0, 0.1) is 28.6 Å². The van der Waals surface area contributed by atoms with Gasteiger partial charge in [0.15, 0.2) is 12.4 Å². The molecule has 1 aliphatic heterocycles. The van der Waals surface area contributed by atoms with Gasteiger partial charge >= 0.3 is 5.97 Å². The van der Waals surface area contributed by atoms with Gasteiger partial charge in [0.05, 0.1) is 18.9 Å². The number of amides is 1. The number of fused-ring (bicyclic) bond motifs is 5.